The minimum Gasteiger partial charge on any atom is -0.496 e. The van der Waals surface area contributed by atoms with Crippen LogP contribution in [0.3, 0.4) is 0 Å². The molecule has 0 atom stereocenters. The molecule has 4 rings (SSSR count). The Balaban J connectivity index is 1.72. The zero-order chi connectivity index (χ0) is 21.4. The van der Waals surface area contributed by atoms with Crippen molar-refractivity contribution < 1.29 is 23.8 Å². The summed E-state index contributed by atoms with van der Waals surface area (Å²) in [5.74, 6) is -0.750. The van der Waals surface area contributed by atoms with Crippen LogP contribution in [-0.2, 0) is 0 Å². The molecule has 6 nitrogen and oxygen atoms in total. The van der Waals surface area contributed by atoms with Crippen molar-refractivity contribution in [2.24, 2.45) is 0 Å². The zero-order valence-electron chi connectivity index (χ0n) is 16.6. The number of fused-ring (bicyclic) bond motifs is 1. The van der Waals surface area contributed by atoms with Gasteiger partial charge in [-0.2, -0.15) is 0 Å². The Morgan fingerprint density at radius 1 is 1.10 bits per heavy atom. The average molecular weight is 421 g/mol. The Bertz CT molecular complexity index is 1250. The van der Waals surface area contributed by atoms with Gasteiger partial charge in [-0.15, -0.1) is 11.3 Å². The predicted octanol–water partition coefficient (Wildman–Crippen LogP) is 5.74. The van der Waals surface area contributed by atoms with Gasteiger partial charge in [0.05, 0.1) is 17.7 Å². The highest BCUT2D eigenvalue weighted by Gasteiger charge is 2.24. The molecule has 7 heteroatoms. The Morgan fingerprint density at radius 2 is 1.87 bits per heavy atom. The van der Waals surface area contributed by atoms with E-state index in [4.69, 9.17) is 9.15 Å². The maximum atomic E-state index is 12.7. The van der Waals surface area contributed by atoms with Crippen LogP contribution in [0, 0.1) is 13.8 Å². The van der Waals surface area contributed by atoms with Gasteiger partial charge >= 0.3 is 5.97 Å². The number of para-hydroxylation sites is 1. The third-order valence-electron chi connectivity index (χ3n) is 4.89. The number of ether oxygens (including phenoxy) is 1. The Kier molecular flexibility index (Phi) is 5.05. The van der Waals surface area contributed by atoms with Gasteiger partial charge in [0.25, 0.3) is 5.91 Å². The second-order valence-electron chi connectivity index (χ2n) is 6.90. The lowest BCUT2D eigenvalue weighted by Crippen LogP contribution is -2.13. The highest BCUT2D eigenvalue weighted by Crippen LogP contribution is 2.40. The standard InChI is InChI=1S/C23H19NO5S/c1-12-9-18(28-3)13(2)8-15(12)21-20(23(26)27)16(11-30-21)24-22(25)19-10-14-6-4-5-7-17(14)29-19/h4-11H,1-3H3,(H,24,25)(H,26,27). The summed E-state index contributed by atoms with van der Waals surface area (Å²) in [5, 5.41) is 15.0. The van der Waals surface area contributed by atoms with E-state index >= 15 is 0 Å². The van der Waals surface area contributed by atoms with Gasteiger partial charge in [0.2, 0.25) is 0 Å². The SMILES string of the molecule is COc1cc(C)c(-c2scc(NC(=O)c3cc4ccccc4o3)c2C(=O)O)cc1C. The number of aryl methyl sites for hydroxylation is 2. The van der Waals surface area contributed by atoms with Crippen molar-refractivity contribution in [2.45, 2.75) is 13.8 Å². The number of carbonyl (C=O) groups is 2. The highest BCUT2D eigenvalue weighted by atomic mass is 32.1. The van der Waals surface area contributed by atoms with Crippen LogP contribution in [-0.4, -0.2) is 24.1 Å². The maximum absolute atomic E-state index is 12.7. The number of nitrogens with one attached hydrogen (secondary N) is 1. The first-order valence-electron chi connectivity index (χ1n) is 9.19. The van der Waals surface area contributed by atoms with Crippen molar-refractivity contribution in [1.29, 1.82) is 0 Å². The van der Waals surface area contributed by atoms with E-state index in [1.165, 1.54) is 11.3 Å². The van der Waals surface area contributed by atoms with Crippen molar-refractivity contribution in [3.63, 3.8) is 0 Å². The lowest BCUT2D eigenvalue weighted by molar-refractivity contribution is 0.0699. The topological polar surface area (TPSA) is 88.8 Å². The number of thiophene rings is 1. The first kappa shape index (κ1) is 19.7. The van der Waals surface area contributed by atoms with E-state index in [2.05, 4.69) is 5.32 Å². The van der Waals surface area contributed by atoms with E-state index in [0.717, 1.165) is 27.8 Å². The average Bonchev–Trinajstić information content (AvgIpc) is 3.33. The summed E-state index contributed by atoms with van der Waals surface area (Å²) >= 11 is 1.27. The molecule has 1 amide bonds. The summed E-state index contributed by atoms with van der Waals surface area (Å²) in [6, 6.07) is 12.7. The summed E-state index contributed by atoms with van der Waals surface area (Å²) in [6.45, 7) is 3.80. The molecule has 0 radical (unpaired) electrons. The normalized spacial score (nSPS) is 10.9. The molecule has 2 heterocycles. The minimum atomic E-state index is -1.11. The number of carboxylic acids is 1. The van der Waals surface area contributed by atoms with Gasteiger partial charge in [0.1, 0.15) is 16.9 Å². The van der Waals surface area contributed by atoms with E-state index in [0.29, 0.717) is 10.5 Å². The van der Waals surface area contributed by atoms with Crippen LogP contribution >= 0.6 is 11.3 Å². The molecule has 2 aromatic heterocycles. The molecule has 30 heavy (non-hydrogen) atoms. The molecule has 0 bridgehead atoms. The van der Waals surface area contributed by atoms with Crippen LogP contribution in [0.2, 0.25) is 0 Å². The fraction of sp³-hybridized carbons (Fsp3) is 0.130. The number of benzene rings is 2. The number of rotatable bonds is 5. The fourth-order valence-electron chi connectivity index (χ4n) is 3.39. The smallest absolute Gasteiger partial charge is 0.339 e. The van der Waals surface area contributed by atoms with Gasteiger partial charge in [0.15, 0.2) is 5.76 Å². The number of hydrogen-bond donors (Lipinski definition) is 2. The molecular weight excluding hydrogens is 402 g/mol. The quantitative estimate of drug-likeness (QED) is 0.429. The largest absolute Gasteiger partial charge is 0.496 e. The van der Waals surface area contributed by atoms with Crippen molar-refractivity contribution >= 4 is 39.9 Å². The van der Waals surface area contributed by atoms with Crippen LogP contribution in [0.4, 0.5) is 5.69 Å². The number of methoxy groups -OCH3 is 1. The molecule has 0 aliphatic rings. The summed E-state index contributed by atoms with van der Waals surface area (Å²) in [6.07, 6.45) is 0. The molecule has 152 valence electrons. The Labute approximate surface area is 176 Å². The predicted molar refractivity (Wildman–Crippen MR) is 117 cm³/mol. The summed E-state index contributed by atoms with van der Waals surface area (Å²) < 4.78 is 10.9. The first-order valence-corrected chi connectivity index (χ1v) is 10.1. The van der Waals surface area contributed by atoms with Crippen molar-refractivity contribution in [3.05, 3.63) is 70.3 Å². The number of hydrogen-bond acceptors (Lipinski definition) is 5. The number of anilines is 1. The van der Waals surface area contributed by atoms with Gasteiger partial charge in [-0.3, -0.25) is 4.79 Å². The number of carbonyl (C=O) groups excluding carboxylic acids is 1. The second kappa shape index (κ2) is 7.68. The van der Waals surface area contributed by atoms with Gasteiger partial charge in [-0.1, -0.05) is 18.2 Å². The second-order valence-corrected chi connectivity index (χ2v) is 7.78. The van der Waals surface area contributed by atoms with Crippen molar-refractivity contribution in [3.8, 4) is 16.2 Å². The summed E-state index contributed by atoms with van der Waals surface area (Å²) in [5.41, 5.74) is 3.46. The maximum Gasteiger partial charge on any atom is 0.339 e. The van der Waals surface area contributed by atoms with Gasteiger partial charge in [0, 0.05) is 10.8 Å². The van der Waals surface area contributed by atoms with Gasteiger partial charge < -0.3 is 19.6 Å². The number of carboxylic acid groups (broad SMARTS) is 1. The monoisotopic (exact) mass is 421 g/mol. The van der Waals surface area contributed by atoms with Crippen LogP contribution in [0.15, 0.2) is 52.3 Å². The summed E-state index contributed by atoms with van der Waals surface area (Å²) in [4.78, 5) is 25.3. The highest BCUT2D eigenvalue weighted by molar-refractivity contribution is 7.14. The zero-order valence-corrected chi connectivity index (χ0v) is 17.4. The third-order valence-corrected chi connectivity index (χ3v) is 5.90. The van der Waals surface area contributed by atoms with Crippen LogP contribution in [0.5, 0.6) is 5.75 Å². The number of amides is 1. The lowest BCUT2D eigenvalue weighted by atomic mass is 10.0. The van der Waals surface area contributed by atoms with E-state index in [1.807, 2.05) is 44.2 Å². The van der Waals surface area contributed by atoms with E-state index in [1.54, 1.807) is 24.6 Å². The van der Waals surface area contributed by atoms with Crippen LogP contribution in [0.25, 0.3) is 21.4 Å². The van der Waals surface area contributed by atoms with Crippen LogP contribution in [0.1, 0.15) is 32.0 Å². The minimum absolute atomic E-state index is 0.0529. The molecule has 0 fully saturated rings. The molecular formula is C23H19NO5S. The van der Waals surface area contributed by atoms with Crippen molar-refractivity contribution in [2.75, 3.05) is 12.4 Å². The lowest BCUT2D eigenvalue weighted by Gasteiger charge is -2.11. The molecule has 2 N–H and O–H groups in total. The van der Waals surface area contributed by atoms with Gasteiger partial charge in [-0.25, -0.2) is 4.79 Å². The van der Waals surface area contributed by atoms with Crippen LogP contribution < -0.4 is 10.1 Å². The Hall–Kier alpha value is -3.58. The van der Waals surface area contributed by atoms with E-state index < -0.39 is 11.9 Å². The Morgan fingerprint density at radius 3 is 2.57 bits per heavy atom. The van der Waals surface area contributed by atoms with Crippen molar-refractivity contribution in [1.82, 2.24) is 0 Å². The molecule has 0 aliphatic carbocycles. The van der Waals surface area contributed by atoms with E-state index in [9.17, 15) is 14.7 Å². The molecule has 0 saturated heterocycles. The molecule has 0 spiro atoms. The third kappa shape index (κ3) is 3.44. The summed E-state index contributed by atoms with van der Waals surface area (Å²) in [7, 11) is 1.60. The van der Waals surface area contributed by atoms with E-state index in [-0.39, 0.29) is 17.0 Å². The fourth-order valence-corrected chi connectivity index (χ4v) is 4.47. The molecule has 0 aliphatic heterocycles. The molecule has 2 aromatic carbocycles. The number of aromatic carboxylic acids is 1. The molecule has 0 saturated carbocycles. The molecule has 0 unspecified atom stereocenters. The molecule has 4 aromatic rings. The number of furan rings is 1. The van der Waals surface area contributed by atoms with Gasteiger partial charge in [-0.05, 0) is 54.8 Å². The first-order chi connectivity index (χ1) is 14.4.